The molecule has 0 bridgehead atoms. The molecule has 6 heteroatoms. The molecular formula is C14H21N3O3. The summed E-state index contributed by atoms with van der Waals surface area (Å²) >= 11 is 0. The number of nitrogens with one attached hydrogen (secondary N) is 3. The standard InChI is InChI=1S/C14H21N3O3/c1-11(18)17-13-5-3-4-12(8-13)9-16-14(19)10-15-6-7-20-2/h3-5,8,15H,6-7,9-10H2,1-2H3,(H,16,19)(H,17,18). The molecule has 110 valence electrons. The molecular weight excluding hydrogens is 258 g/mol. The van der Waals surface area contributed by atoms with Gasteiger partial charge < -0.3 is 20.7 Å². The Balaban J connectivity index is 2.33. The Bertz CT molecular complexity index is 449. The van der Waals surface area contributed by atoms with Gasteiger partial charge in [0.1, 0.15) is 0 Å². The third-order valence-electron chi connectivity index (χ3n) is 2.51. The molecule has 6 nitrogen and oxygen atoms in total. The van der Waals surface area contributed by atoms with Crippen molar-refractivity contribution in [1.29, 1.82) is 0 Å². The first-order chi connectivity index (χ1) is 9.61. The summed E-state index contributed by atoms with van der Waals surface area (Å²) in [5, 5.41) is 8.47. The normalized spacial score (nSPS) is 10.1. The second-order valence-corrected chi connectivity index (χ2v) is 4.33. The number of rotatable bonds is 8. The molecule has 1 aromatic rings. The van der Waals surface area contributed by atoms with Gasteiger partial charge >= 0.3 is 0 Å². The van der Waals surface area contributed by atoms with Crippen LogP contribution < -0.4 is 16.0 Å². The second-order valence-electron chi connectivity index (χ2n) is 4.33. The van der Waals surface area contributed by atoms with Gasteiger partial charge in [0.2, 0.25) is 11.8 Å². The fraction of sp³-hybridized carbons (Fsp3) is 0.429. The topological polar surface area (TPSA) is 79.5 Å². The van der Waals surface area contributed by atoms with Crippen molar-refractivity contribution in [2.24, 2.45) is 0 Å². The van der Waals surface area contributed by atoms with E-state index >= 15 is 0 Å². The van der Waals surface area contributed by atoms with Crippen LogP contribution in [0.1, 0.15) is 12.5 Å². The van der Waals surface area contributed by atoms with Gasteiger partial charge in [0.05, 0.1) is 13.2 Å². The van der Waals surface area contributed by atoms with Crippen LogP contribution in [0.25, 0.3) is 0 Å². The van der Waals surface area contributed by atoms with Crippen LogP contribution in [0.5, 0.6) is 0 Å². The van der Waals surface area contributed by atoms with Crippen LogP contribution in [0.2, 0.25) is 0 Å². The van der Waals surface area contributed by atoms with Crippen molar-refractivity contribution in [1.82, 2.24) is 10.6 Å². The number of anilines is 1. The van der Waals surface area contributed by atoms with Crippen molar-refractivity contribution in [3.63, 3.8) is 0 Å². The van der Waals surface area contributed by atoms with Gasteiger partial charge in [0.25, 0.3) is 0 Å². The molecule has 1 rings (SSSR count). The van der Waals surface area contributed by atoms with Crippen LogP contribution in [0, 0.1) is 0 Å². The molecule has 3 N–H and O–H groups in total. The molecule has 0 saturated heterocycles. The van der Waals surface area contributed by atoms with Crippen molar-refractivity contribution in [3.05, 3.63) is 29.8 Å². The van der Waals surface area contributed by atoms with E-state index in [4.69, 9.17) is 4.74 Å². The third-order valence-corrected chi connectivity index (χ3v) is 2.51. The number of carbonyl (C=O) groups is 2. The van der Waals surface area contributed by atoms with E-state index in [0.717, 1.165) is 11.3 Å². The first-order valence-electron chi connectivity index (χ1n) is 6.44. The first kappa shape index (κ1) is 16.1. The third kappa shape index (κ3) is 6.86. The van der Waals surface area contributed by atoms with Crippen molar-refractivity contribution < 1.29 is 14.3 Å². The molecule has 0 fully saturated rings. The Morgan fingerprint density at radius 3 is 2.80 bits per heavy atom. The van der Waals surface area contributed by atoms with E-state index in [9.17, 15) is 9.59 Å². The average molecular weight is 279 g/mol. The van der Waals surface area contributed by atoms with Gasteiger partial charge in [0.15, 0.2) is 0 Å². The molecule has 0 radical (unpaired) electrons. The highest BCUT2D eigenvalue weighted by atomic mass is 16.5. The van der Waals surface area contributed by atoms with E-state index in [-0.39, 0.29) is 18.4 Å². The molecule has 0 aliphatic rings. The van der Waals surface area contributed by atoms with Gasteiger partial charge in [-0.25, -0.2) is 0 Å². The minimum absolute atomic E-state index is 0.0777. The Hall–Kier alpha value is -1.92. The van der Waals surface area contributed by atoms with Crippen molar-refractivity contribution >= 4 is 17.5 Å². The molecule has 0 unspecified atom stereocenters. The molecule has 0 atom stereocenters. The van der Waals surface area contributed by atoms with Crippen molar-refractivity contribution in [3.8, 4) is 0 Å². The molecule has 0 heterocycles. The Labute approximate surface area is 118 Å². The molecule has 0 saturated carbocycles. The summed E-state index contributed by atoms with van der Waals surface area (Å²) in [5.41, 5.74) is 1.66. The molecule has 1 aromatic carbocycles. The lowest BCUT2D eigenvalue weighted by atomic mass is 10.2. The van der Waals surface area contributed by atoms with Crippen LogP contribution in [-0.4, -0.2) is 38.6 Å². The lowest BCUT2D eigenvalue weighted by Gasteiger charge is -2.08. The smallest absolute Gasteiger partial charge is 0.234 e. The first-order valence-corrected chi connectivity index (χ1v) is 6.44. The number of carbonyl (C=O) groups excluding carboxylic acids is 2. The predicted molar refractivity (Wildman–Crippen MR) is 77.3 cm³/mol. The Kier molecular flexibility index (Phi) is 7.31. The largest absolute Gasteiger partial charge is 0.383 e. The summed E-state index contributed by atoms with van der Waals surface area (Å²) in [6.07, 6.45) is 0. The van der Waals surface area contributed by atoms with Crippen LogP contribution >= 0.6 is 0 Å². The van der Waals surface area contributed by atoms with Crippen LogP contribution in [0.15, 0.2) is 24.3 Å². The fourth-order valence-corrected chi connectivity index (χ4v) is 1.60. The van der Waals surface area contributed by atoms with E-state index in [1.807, 2.05) is 18.2 Å². The number of benzene rings is 1. The summed E-state index contributed by atoms with van der Waals surface area (Å²) in [5.74, 6) is -0.195. The molecule has 20 heavy (non-hydrogen) atoms. The fourth-order valence-electron chi connectivity index (χ4n) is 1.60. The van der Waals surface area contributed by atoms with Gasteiger partial charge in [-0.1, -0.05) is 12.1 Å². The van der Waals surface area contributed by atoms with Crippen molar-refractivity contribution in [2.75, 3.05) is 32.1 Å². The zero-order valence-corrected chi connectivity index (χ0v) is 11.9. The maximum Gasteiger partial charge on any atom is 0.234 e. The zero-order chi connectivity index (χ0) is 14.8. The number of amides is 2. The Morgan fingerprint density at radius 2 is 2.10 bits per heavy atom. The summed E-state index contributed by atoms with van der Waals surface area (Å²) in [6, 6.07) is 7.37. The molecule has 0 spiro atoms. The average Bonchev–Trinajstić information content (AvgIpc) is 2.41. The van der Waals surface area contributed by atoms with Gasteiger partial charge in [-0.15, -0.1) is 0 Å². The van der Waals surface area contributed by atoms with Crippen LogP contribution in [0.3, 0.4) is 0 Å². The summed E-state index contributed by atoms with van der Waals surface area (Å²) in [6.45, 7) is 3.36. The van der Waals surface area contributed by atoms with Gasteiger partial charge in [-0.2, -0.15) is 0 Å². The number of methoxy groups -OCH3 is 1. The maximum absolute atomic E-state index is 11.6. The number of ether oxygens (including phenoxy) is 1. The van der Waals surface area contributed by atoms with Crippen molar-refractivity contribution in [2.45, 2.75) is 13.5 Å². The molecule has 0 aliphatic carbocycles. The highest BCUT2D eigenvalue weighted by Gasteiger charge is 2.02. The van der Waals surface area contributed by atoms with E-state index in [2.05, 4.69) is 16.0 Å². The predicted octanol–water partition coefficient (Wildman–Crippen LogP) is 0.497. The number of hydrogen-bond donors (Lipinski definition) is 3. The van der Waals surface area contributed by atoms with Gasteiger partial charge in [-0.3, -0.25) is 9.59 Å². The molecule has 0 aliphatic heterocycles. The minimum atomic E-state index is -0.117. The zero-order valence-electron chi connectivity index (χ0n) is 11.9. The second kappa shape index (κ2) is 9.06. The summed E-state index contributed by atoms with van der Waals surface area (Å²) in [7, 11) is 1.61. The Morgan fingerprint density at radius 1 is 1.30 bits per heavy atom. The van der Waals surface area contributed by atoms with Crippen LogP contribution in [0.4, 0.5) is 5.69 Å². The van der Waals surface area contributed by atoms with Crippen LogP contribution in [-0.2, 0) is 20.9 Å². The lowest BCUT2D eigenvalue weighted by Crippen LogP contribution is -2.34. The minimum Gasteiger partial charge on any atom is -0.383 e. The lowest BCUT2D eigenvalue weighted by molar-refractivity contribution is -0.120. The highest BCUT2D eigenvalue weighted by Crippen LogP contribution is 2.10. The van der Waals surface area contributed by atoms with Gasteiger partial charge in [0, 0.05) is 32.8 Å². The maximum atomic E-state index is 11.6. The molecule has 0 aromatic heterocycles. The number of hydrogen-bond acceptors (Lipinski definition) is 4. The molecule has 2 amide bonds. The highest BCUT2D eigenvalue weighted by molar-refractivity contribution is 5.88. The van der Waals surface area contributed by atoms with E-state index in [1.54, 1.807) is 13.2 Å². The van der Waals surface area contributed by atoms with E-state index in [1.165, 1.54) is 6.92 Å². The summed E-state index contributed by atoms with van der Waals surface area (Å²) in [4.78, 5) is 22.5. The van der Waals surface area contributed by atoms with E-state index < -0.39 is 0 Å². The quantitative estimate of drug-likeness (QED) is 0.605. The SMILES string of the molecule is COCCNCC(=O)NCc1cccc(NC(C)=O)c1. The monoisotopic (exact) mass is 279 g/mol. The van der Waals surface area contributed by atoms with E-state index in [0.29, 0.717) is 19.7 Å². The van der Waals surface area contributed by atoms with Gasteiger partial charge in [-0.05, 0) is 17.7 Å². The summed E-state index contributed by atoms with van der Waals surface area (Å²) < 4.78 is 4.87.